The zero-order valence-electron chi connectivity index (χ0n) is 11.7. The number of carbonyl (C=O) groups excluding carboxylic acids is 1. The van der Waals surface area contributed by atoms with Crippen molar-refractivity contribution in [1.29, 1.82) is 0 Å². The molecule has 1 aromatic carbocycles. The first-order valence-electron chi connectivity index (χ1n) is 6.08. The van der Waals surface area contributed by atoms with Crippen molar-refractivity contribution >= 4 is 21.8 Å². The van der Waals surface area contributed by atoms with Crippen LogP contribution in [0.4, 0.5) is 0 Å². The van der Waals surface area contributed by atoms with Crippen LogP contribution >= 0.6 is 15.9 Å². The third-order valence-corrected chi connectivity index (χ3v) is 3.40. The highest BCUT2D eigenvalue weighted by atomic mass is 79.9. The number of carbonyl (C=O) groups is 1. The van der Waals surface area contributed by atoms with Crippen LogP contribution in [-0.4, -0.2) is 13.0 Å². The zero-order valence-corrected chi connectivity index (χ0v) is 13.3. The topological polar surface area (TPSA) is 38.3 Å². The summed E-state index contributed by atoms with van der Waals surface area (Å²) >= 11 is 3.31. The second-order valence-electron chi connectivity index (χ2n) is 4.24. The van der Waals surface area contributed by atoms with Gasteiger partial charge in [-0.1, -0.05) is 31.4 Å². The first-order valence-corrected chi connectivity index (χ1v) is 6.88. The summed E-state index contributed by atoms with van der Waals surface area (Å²) in [5, 5.41) is 2.86. The lowest BCUT2D eigenvalue weighted by atomic mass is 10.1. The minimum atomic E-state index is -0.180. The van der Waals surface area contributed by atoms with E-state index in [-0.39, 0.29) is 5.91 Å². The lowest BCUT2D eigenvalue weighted by Crippen LogP contribution is -2.25. The van der Waals surface area contributed by atoms with Gasteiger partial charge in [0.2, 0.25) is 0 Å². The maximum absolute atomic E-state index is 12.1. The average molecular weight is 336 g/mol. The van der Waals surface area contributed by atoms with E-state index in [0.29, 0.717) is 22.2 Å². The fourth-order valence-corrected chi connectivity index (χ4v) is 2.14. The molecule has 0 aliphatic carbocycles. The van der Waals surface area contributed by atoms with Crippen LogP contribution in [-0.2, 0) is 11.3 Å². The quantitative estimate of drug-likeness (QED) is 0.635. The van der Waals surface area contributed by atoms with Crippen LogP contribution in [0.15, 0.2) is 59.1 Å². The molecule has 1 amide bonds. The van der Waals surface area contributed by atoms with Crippen molar-refractivity contribution in [1.82, 2.24) is 5.32 Å². The van der Waals surface area contributed by atoms with E-state index in [0.717, 1.165) is 11.3 Å². The van der Waals surface area contributed by atoms with Crippen molar-refractivity contribution in [3.63, 3.8) is 0 Å². The Balaban J connectivity index is 2.75. The molecule has 0 aliphatic rings. The lowest BCUT2D eigenvalue weighted by Gasteiger charge is -2.10. The average Bonchev–Trinajstić information content (AvgIpc) is 2.45. The summed E-state index contributed by atoms with van der Waals surface area (Å²) in [4.78, 5) is 12.1. The molecule has 0 aliphatic heterocycles. The molecule has 0 atom stereocenters. The maximum atomic E-state index is 12.1. The third kappa shape index (κ3) is 4.38. The van der Waals surface area contributed by atoms with E-state index in [1.54, 1.807) is 20.1 Å². The Morgan fingerprint density at radius 1 is 1.40 bits per heavy atom. The fraction of sp³-hybridized carbons (Fsp3) is 0.188. The van der Waals surface area contributed by atoms with Gasteiger partial charge in [0.05, 0.1) is 12.7 Å². The molecule has 0 bridgehead atoms. The molecule has 20 heavy (non-hydrogen) atoms. The van der Waals surface area contributed by atoms with E-state index in [1.807, 2.05) is 24.3 Å². The Morgan fingerprint density at radius 2 is 2.00 bits per heavy atom. The summed E-state index contributed by atoms with van der Waals surface area (Å²) in [6.45, 7) is 9.68. The summed E-state index contributed by atoms with van der Waals surface area (Å²) in [6.07, 6.45) is 1.58. The van der Waals surface area contributed by atoms with Gasteiger partial charge in [0, 0.05) is 11.0 Å². The highest BCUT2D eigenvalue weighted by molar-refractivity contribution is 9.12. The van der Waals surface area contributed by atoms with Crippen molar-refractivity contribution in [3.8, 4) is 5.75 Å². The van der Waals surface area contributed by atoms with Crippen LogP contribution in [0, 0.1) is 0 Å². The van der Waals surface area contributed by atoms with Crippen LogP contribution in [0.5, 0.6) is 5.75 Å². The predicted octanol–water partition coefficient (Wildman–Crippen LogP) is 3.72. The molecule has 3 nitrogen and oxygen atoms in total. The summed E-state index contributed by atoms with van der Waals surface area (Å²) in [5.74, 6) is 0.608. The molecule has 0 heterocycles. The van der Waals surface area contributed by atoms with E-state index in [9.17, 15) is 4.79 Å². The molecule has 0 aromatic heterocycles. The van der Waals surface area contributed by atoms with E-state index in [2.05, 4.69) is 34.4 Å². The van der Waals surface area contributed by atoms with Crippen LogP contribution in [0.25, 0.3) is 0 Å². The molecule has 106 valence electrons. The number of methoxy groups -OCH3 is 1. The SMILES string of the molecule is C=C/C(Br)=C(\C(=C)C)C(=O)NCc1ccc(OC)cc1. The highest BCUT2D eigenvalue weighted by Crippen LogP contribution is 2.19. The van der Waals surface area contributed by atoms with Gasteiger partial charge in [-0.3, -0.25) is 4.79 Å². The molecule has 0 saturated carbocycles. The van der Waals surface area contributed by atoms with Gasteiger partial charge in [-0.2, -0.15) is 0 Å². The lowest BCUT2D eigenvalue weighted by molar-refractivity contribution is -0.117. The van der Waals surface area contributed by atoms with Gasteiger partial charge < -0.3 is 10.1 Å². The Morgan fingerprint density at radius 3 is 2.45 bits per heavy atom. The molecular weight excluding hydrogens is 318 g/mol. The smallest absolute Gasteiger partial charge is 0.252 e. The first kappa shape index (κ1) is 16.2. The van der Waals surface area contributed by atoms with Gasteiger partial charge in [0.15, 0.2) is 0 Å². The van der Waals surface area contributed by atoms with Gasteiger partial charge in [-0.05, 0) is 46.1 Å². The number of nitrogens with one attached hydrogen (secondary N) is 1. The van der Waals surface area contributed by atoms with Gasteiger partial charge in [0.25, 0.3) is 5.91 Å². The summed E-state index contributed by atoms with van der Waals surface area (Å²) in [7, 11) is 1.62. The number of benzene rings is 1. The van der Waals surface area contributed by atoms with Crippen LogP contribution in [0.3, 0.4) is 0 Å². The predicted molar refractivity (Wildman–Crippen MR) is 85.8 cm³/mol. The third-order valence-electron chi connectivity index (χ3n) is 2.68. The minimum absolute atomic E-state index is 0.180. The van der Waals surface area contributed by atoms with Crippen molar-refractivity contribution in [2.75, 3.05) is 7.11 Å². The monoisotopic (exact) mass is 335 g/mol. The number of hydrogen-bond acceptors (Lipinski definition) is 2. The van der Waals surface area contributed by atoms with Crippen molar-refractivity contribution in [2.24, 2.45) is 0 Å². The van der Waals surface area contributed by atoms with Gasteiger partial charge in [0.1, 0.15) is 5.75 Å². The van der Waals surface area contributed by atoms with Gasteiger partial charge >= 0.3 is 0 Å². The zero-order chi connectivity index (χ0) is 15.1. The Bertz CT molecular complexity index is 544. The van der Waals surface area contributed by atoms with Crippen LogP contribution < -0.4 is 10.1 Å². The standard InChI is InChI=1S/C16H18BrNO2/c1-5-14(17)15(11(2)3)16(19)18-10-12-6-8-13(20-4)9-7-12/h5-9H,1-2,10H2,3-4H3,(H,18,19)/b15-14-. The number of amides is 1. The van der Waals surface area contributed by atoms with Crippen LogP contribution in [0.1, 0.15) is 12.5 Å². The van der Waals surface area contributed by atoms with E-state index >= 15 is 0 Å². The molecule has 4 heteroatoms. The second-order valence-corrected chi connectivity index (χ2v) is 5.09. The minimum Gasteiger partial charge on any atom is -0.497 e. The second kappa shape index (κ2) is 7.70. The Labute approximate surface area is 128 Å². The van der Waals surface area contributed by atoms with Crippen molar-refractivity contribution < 1.29 is 9.53 Å². The fourth-order valence-electron chi connectivity index (χ4n) is 1.62. The molecule has 1 rings (SSSR count). The highest BCUT2D eigenvalue weighted by Gasteiger charge is 2.13. The molecule has 1 N–H and O–H groups in total. The molecule has 0 fully saturated rings. The maximum Gasteiger partial charge on any atom is 0.252 e. The molecule has 1 aromatic rings. The van der Waals surface area contributed by atoms with Crippen molar-refractivity contribution in [3.05, 3.63) is 64.7 Å². The number of ether oxygens (including phenoxy) is 1. The largest absolute Gasteiger partial charge is 0.497 e. The molecule has 0 radical (unpaired) electrons. The number of rotatable bonds is 6. The number of halogens is 1. The summed E-state index contributed by atoms with van der Waals surface area (Å²) < 4.78 is 5.72. The Kier molecular flexibility index (Phi) is 6.25. The van der Waals surface area contributed by atoms with E-state index in [1.165, 1.54) is 0 Å². The van der Waals surface area contributed by atoms with Crippen LogP contribution in [0.2, 0.25) is 0 Å². The first-order chi connectivity index (χ1) is 9.49. The summed E-state index contributed by atoms with van der Waals surface area (Å²) in [6, 6.07) is 7.53. The van der Waals surface area contributed by atoms with Crippen molar-refractivity contribution in [2.45, 2.75) is 13.5 Å². The molecule has 0 spiro atoms. The molecule has 0 saturated heterocycles. The Hall–Kier alpha value is -1.81. The molecule has 0 unspecified atom stereocenters. The van der Waals surface area contributed by atoms with Gasteiger partial charge in [-0.25, -0.2) is 0 Å². The molecular formula is C16H18BrNO2. The number of allylic oxidation sites excluding steroid dienone is 2. The number of hydrogen-bond donors (Lipinski definition) is 1. The summed E-state index contributed by atoms with van der Waals surface area (Å²) in [5.41, 5.74) is 2.19. The normalized spacial score (nSPS) is 11.3. The van der Waals surface area contributed by atoms with E-state index in [4.69, 9.17) is 4.74 Å². The van der Waals surface area contributed by atoms with E-state index < -0.39 is 0 Å². The van der Waals surface area contributed by atoms with Gasteiger partial charge in [-0.15, -0.1) is 0 Å².